The third-order valence-corrected chi connectivity index (χ3v) is 6.31. The van der Waals surface area contributed by atoms with Gasteiger partial charge in [-0.05, 0) is 30.2 Å². The van der Waals surface area contributed by atoms with Crippen LogP contribution < -0.4 is 10.6 Å². The molecule has 0 saturated carbocycles. The van der Waals surface area contributed by atoms with Gasteiger partial charge in [0, 0.05) is 30.9 Å². The number of aliphatic hydroxyl groups is 2. The number of aromatic nitrogens is 1. The second kappa shape index (κ2) is 11.1. The molecule has 1 aliphatic heterocycles. The van der Waals surface area contributed by atoms with Crippen molar-refractivity contribution in [2.24, 2.45) is 5.92 Å². The molecule has 0 aliphatic carbocycles. The van der Waals surface area contributed by atoms with Gasteiger partial charge in [-0.15, -0.1) is 0 Å². The van der Waals surface area contributed by atoms with Crippen LogP contribution in [-0.2, 0) is 9.59 Å². The standard InChI is InChI=1S/C24H31ClN4O4/c1-14(2)22(26-3)24(33)29-12-17(31)10-21(29)23(32)28-20(13-30)16-6-4-15(5-7-16)18-8-9-27-11-19(18)25/h4-9,11,14,17,20-22,26,30-31H,10,12-13H2,1-3H3,(H,28,32)/t17-,20+,21+,22+/m1/s1. The summed E-state index contributed by atoms with van der Waals surface area (Å²) in [6.45, 7) is 3.64. The lowest BCUT2D eigenvalue weighted by Crippen LogP contribution is -2.54. The maximum atomic E-state index is 13.1. The van der Waals surface area contributed by atoms with Crippen LogP contribution in [0.3, 0.4) is 0 Å². The molecule has 4 atom stereocenters. The summed E-state index contributed by atoms with van der Waals surface area (Å²) in [5, 5.41) is 26.5. The van der Waals surface area contributed by atoms with E-state index in [0.717, 1.165) is 11.1 Å². The summed E-state index contributed by atoms with van der Waals surface area (Å²) in [5.74, 6) is -0.594. The van der Waals surface area contributed by atoms with Crippen molar-refractivity contribution in [1.82, 2.24) is 20.5 Å². The Morgan fingerprint density at radius 3 is 2.52 bits per heavy atom. The van der Waals surface area contributed by atoms with E-state index in [0.29, 0.717) is 10.6 Å². The molecular formula is C24H31ClN4O4. The summed E-state index contributed by atoms with van der Waals surface area (Å²) in [4.78, 5) is 31.5. The number of hydrogen-bond donors (Lipinski definition) is 4. The van der Waals surface area contributed by atoms with Crippen molar-refractivity contribution in [2.75, 3.05) is 20.2 Å². The fourth-order valence-electron chi connectivity index (χ4n) is 4.23. The SMILES string of the molecule is CN[C@H](C(=O)N1C[C@H](O)C[C@H]1C(=O)N[C@@H](CO)c1ccc(-c2ccncc2Cl)cc1)C(C)C. The van der Waals surface area contributed by atoms with E-state index in [4.69, 9.17) is 11.6 Å². The molecule has 2 amide bonds. The Morgan fingerprint density at radius 1 is 1.24 bits per heavy atom. The lowest BCUT2D eigenvalue weighted by Gasteiger charge is -2.30. The summed E-state index contributed by atoms with van der Waals surface area (Å²) in [5.41, 5.74) is 2.43. The van der Waals surface area contributed by atoms with Crippen molar-refractivity contribution in [2.45, 2.75) is 44.5 Å². The molecule has 0 radical (unpaired) electrons. The van der Waals surface area contributed by atoms with Crippen molar-refractivity contribution >= 4 is 23.4 Å². The molecule has 9 heteroatoms. The maximum absolute atomic E-state index is 13.1. The van der Waals surface area contributed by atoms with Gasteiger partial charge in [-0.1, -0.05) is 49.7 Å². The lowest BCUT2D eigenvalue weighted by molar-refractivity contribution is -0.141. The van der Waals surface area contributed by atoms with Crippen LogP contribution in [0.2, 0.25) is 5.02 Å². The summed E-state index contributed by atoms with van der Waals surface area (Å²) in [6.07, 6.45) is 2.62. The molecule has 8 nitrogen and oxygen atoms in total. The number of hydrogen-bond acceptors (Lipinski definition) is 6. The number of nitrogens with zero attached hydrogens (tertiary/aromatic N) is 2. The Morgan fingerprint density at radius 2 is 1.94 bits per heavy atom. The largest absolute Gasteiger partial charge is 0.394 e. The number of carbonyl (C=O) groups is 2. The fourth-order valence-corrected chi connectivity index (χ4v) is 4.46. The Kier molecular flexibility index (Phi) is 8.42. The van der Waals surface area contributed by atoms with Gasteiger partial charge in [0.15, 0.2) is 0 Å². The van der Waals surface area contributed by atoms with Gasteiger partial charge in [-0.2, -0.15) is 0 Å². The molecule has 1 aliphatic rings. The Bertz CT molecular complexity index is 969. The average Bonchev–Trinajstić information content (AvgIpc) is 3.20. The zero-order valence-corrected chi connectivity index (χ0v) is 19.8. The first kappa shape index (κ1) is 25.1. The predicted molar refractivity (Wildman–Crippen MR) is 126 cm³/mol. The predicted octanol–water partition coefficient (Wildman–Crippen LogP) is 1.76. The highest BCUT2D eigenvalue weighted by Gasteiger charge is 2.41. The zero-order chi connectivity index (χ0) is 24.1. The number of amides is 2. The van der Waals surface area contributed by atoms with Crippen LogP contribution in [0.1, 0.15) is 31.9 Å². The van der Waals surface area contributed by atoms with Gasteiger partial charge in [0.1, 0.15) is 6.04 Å². The van der Waals surface area contributed by atoms with Gasteiger partial charge in [0.2, 0.25) is 11.8 Å². The molecule has 1 aromatic heterocycles. The molecule has 0 unspecified atom stereocenters. The number of likely N-dealkylation sites (tertiary alicyclic amines) is 1. The second-order valence-electron chi connectivity index (χ2n) is 8.63. The van der Waals surface area contributed by atoms with Crippen LogP contribution >= 0.6 is 11.6 Å². The normalized spacial score (nSPS) is 20.0. The van der Waals surface area contributed by atoms with Crippen molar-refractivity contribution in [1.29, 1.82) is 0 Å². The van der Waals surface area contributed by atoms with Crippen molar-refractivity contribution in [3.63, 3.8) is 0 Å². The number of likely N-dealkylation sites (N-methyl/N-ethyl adjacent to an activating group) is 1. The van der Waals surface area contributed by atoms with E-state index in [1.54, 1.807) is 19.4 Å². The number of aliphatic hydroxyl groups excluding tert-OH is 2. The van der Waals surface area contributed by atoms with Crippen molar-refractivity contribution in [3.8, 4) is 11.1 Å². The third kappa shape index (κ3) is 5.70. The first-order valence-corrected chi connectivity index (χ1v) is 11.4. The van der Waals surface area contributed by atoms with Crippen LogP contribution in [0, 0.1) is 5.92 Å². The molecule has 0 bridgehead atoms. The molecule has 2 aromatic rings. The van der Waals surface area contributed by atoms with Gasteiger partial charge in [0.05, 0.1) is 29.8 Å². The maximum Gasteiger partial charge on any atom is 0.243 e. The molecule has 1 fully saturated rings. The number of β-amino-alcohol motifs (C(OH)–C–C–N with tert-alkyl or cyclic N) is 1. The van der Waals surface area contributed by atoms with E-state index in [-0.39, 0.29) is 31.4 Å². The summed E-state index contributed by atoms with van der Waals surface area (Å²) in [6, 6.07) is 7.26. The average molecular weight is 475 g/mol. The van der Waals surface area contributed by atoms with Crippen LogP contribution in [0.5, 0.6) is 0 Å². The zero-order valence-electron chi connectivity index (χ0n) is 19.0. The van der Waals surface area contributed by atoms with Crippen LogP contribution in [0.4, 0.5) is 0 Å². The lowest BCUT2D eigenvalue weighted by atomic mass is 10.0. The van der Waals surface area contributed by atoms with Gasteiger partial charge < -0.3 is 25.7 Å². The van der Waals surface area contributed by atoms with Gasteiger partial charge in [0.25, 0.3) is 0 Å². The van der Waals surface area contributed by atoms with E-state index in [2.05, 4.69) is 15.6 Å². The molecule has 33 heavy (non-hydrogen) atoms. The molecule has 1 saturated heterocycles. The highest BCUT2D eigenvalue weighted by atomic mass is 35.5. The molecular weight excluding hydrogens is 444 g/mol. The van der Waals surface area contributed by atoms with Crippen LogP contribution in [-0.4, -0.2) is 70.3 Å². The van der Waals surface area contributed by atoms with Gasteiger partial charge in [-0.25, -0.2) is 0 Å². The topological polar surface area (TPSA) is 115 Å². The summed E-state index contributed by atoms with van der Waals surface area (Å²) in [7, 11) is 1.70. The number of halogens is 1. The first-order chi connectivity index (χ1) is 15.8. The number of nitrogens with one attached hydrogen (secondary N) is 2. The molecule has 4 N–H and O–H groups in total. The fraction of sp³-hybridized carbons (Fsp3) is 0.458. The minimum atomic E-state index is -0.800. The highest BCUT2D eigenvalue weighted by Crippen LogP contribution is 2.28. The van der Waals surface area contributed by atoms with Gasteiger partial charge in [-0.3, -0.25) is 14.6 Å². The molecule has 2 heterocycles. The van der Waals surface area contributed by atoms with E-state index in [9.17, 15) is 19.8 Å². The number of rotatable bonds is 8. The summed E-state index contributed by atoms with van der Waals surface area (Å²) >= 11 is 6.22. The van der Waals surface area contributed by atoms with Crippen molar-refractivity contribution in [3.05, 3.63) is 53.3 Å². The van der Waals surface area contributed by atoms with E-state index < -0.39 is 30.1 Å². The molecule has 178 valence electrons. The van der Waals surface area contributed by atoms with Crippen LogP contribution in [0.25, 0.3) is 11.1 Å². The third-order valence-electron chi connectivity index (χ3n) is 6.00. The number of carbonyl (C=O) groups excluding carboxylic acids is 2. The first-order valence-electron chi connectivity index (χ1n) is 11.0. The molecule has 3 rings (SSSR count). The van der Waals surface area contributed by atoms with E-state index in [1.165, 1.54) is 4.90 Å². The minimum Gasteiger partial charge on any atom is -0.394 e. The Balaban J connectivity index is 1.74. The van der Waals surface area contributed by atoms with Gasteiger partial charge >= 0.3 is 0 Å². The Hall–Kier alpha value is -2.52. The van der Waals surface area contributed by atoms with Crippen LogP contribution in [0.15, 0.2) is 42.7 Å². The highest BCUT2D eigenvalue weighted by molar-refractivity contribution is 6.33. The molecule has 0 spiro atoms. The van der Waals surface area contributed by atoms with Crippen molar-refractivity contribution < 1.29 is 19.8 Å². The monoisotopic (exact) mass is 474 g/mol. The second-order valence-corrected chi connectivity index (χ2v) is 9.03. The quantitative estimate of drug-likeness (QED) is 0.463. The van der Waals surface area contributed by atoms with E-state index in [1.807, 2.05) is 44.2 Å². The number of pyridine rings is 1. The Labute approximate surface area is 199 Å². The minimum absolute atomic E-state index is 0.0292. The summed E-state index contributed by atoms with van der Waals surface area (Å²) < 4.78 is 0. The smallest absolute Gasteiger partial charge is 0.243 e. The van der Waals surface area contributed by atoms with E-state index >= 15 is 0 Å². The number of benzene rings is 1. The molecule has 1 aromatic carbocycles.